The second-order valence-electron chi connectivity index (χ2n) is 8.02. The number of esters is 1. The maximum absolute atomic E-state index is 13.3. The topological polar surface area (TPSA) is 123 Å². The van der Waals surface area contributed by atoms with Gasteiger partial charge < -0.3 is 26.4 Å². The van der Waals surface area contributed by atoms with Crippen molar-refractivity contribution in [3.8, 4) is 0 Å². The van der Waals surface area contributed by atoms with Gasteiger partial charge in [-0.15, -0.1) is 0 Å². The first kappa shape index (κ1) is 22.9. The molecule has 0 aliphatic carbocycles. The lowest BCUT2D eigenvalue weighted by molar-refractivity contribution is 0.0462. The smallest absolute Gasteiger partial charge is 0.338 e. The Morgan fingerprint density at radius 3 is 2.31 bits per heavy atom. The zero-order valence-corrected chi connectivity index (χ0v) is 18.5. The number of carbonyl (C=O) groups excluding carboxylic acids is 2. The molecule has 1 atom stereocenters. The van der Waals surface area contributed by atoms with Crippen LogP contribution >= 0.6 is 0 Å². The molecule has 0 bridgehead atoms. The Morgan fingerprint density at radius 2 is 1.72 bits per heavy atom. The highest BCUT2D eigenvalue weighted by Crippen LogP contribution is 2.31. The van der Waals surface area contributed by atoms with Gasteiger partial charge in [-0.25, -0.2) is 9.59 Å². The SMILES string of the molecule is CN=C(N)C1=C(N)C(C)(C)N(C(=O)NC(COC(=O)c2ccccc2)c2ccccc2)C1. The summed E-state index contributed by atoms with van der Waals surface area (Å²) in [5.74, 6) is -0.148. The van der Waals surface area contributed by atoms with Crippen LogP contribution in [0.25, 0.3) is 0 Å². The third-order valence-corrected chi connectivity index (χ3v) is 5.66. The Kier molecular flexibility index (Phi) is 6.82. The minimum Gasteiger partial charge on any atom is -0.460 e. The Bertz CT molecular complexity index is 1030. The maximum Gasteiger partial charge on any atom is 0.338 e. The molecule has 0 aromatic heterocycles. The van der Waals surface area contributed by atoms with Crippen molar-refractivity contribution < 1.29 is 14.3 Å². The average molecular weight is 436 g/mol. The predicted molar refractivity (Wildman–Crippen MR) is 124 cm³/mol. The van der Waals surface area contributed by atoms with E-state index in [-0.39, 0.29) is 19.2 Å². The third-order valence-electron chi connectivity index (χ3n) is 5.66. The number of hydrogen-bond acceptors (Lipinski definition) is 5. The van der Waals surface area contributed by atoms with Gasteiger partial charge in [-0.2, -0.15) is 0 Å². The molecule has 1 aliphatic rings. The molecule has 32 heavy (non-hydrogen) atoms. The van der Waals surface area contributed by atoms with Crippen LogP contribution in [0.3, 0.4) is 0 Å². The van der Waals surface area contributed by atoms with Crippen molar-refractivity contribution in [1.82, 2.24) is 10.2 Å². The highest BCUT2D eigenvalue weighted by Gasteiger charge is 2.42. The molecule has 2 aromatic rings. The first-order valence-electron chi connectivity index (χ1n) is 10.3. The van der Waals surface area contributed by atoms with E-state index < -0.39 is 17.6 Å². The zero-order chi connectivity index (χ0) is 23.3. The van der Waals surface area contributed by atoms with Gasteiger partial charge in [0.25, 0.3) is 0 Å². The van der Waals surface area contributed by atoms with E-state index in [9.17, 15) is 9.59 Å². The lowest BCUT2D eigenvalue weighted by Gasteiger charge is -2.34. The summed E-state index contributed by atoms with van der Waals surface area (Å²) in [4.78, 5) is 31.3. The molecule has 0 radical (unpaired) electrons. The zero-order valence-electron chi connectivity index (χ0n) is 18.5. The van der Waals surface area contributed by atoms with E-state index in [4.69, 9.17) is 16.2 Å². The van der Waals surface area contributed by atoms with E-state index in [0.717, 1.165) is 5.56 Å². The fourth-order valence-corrected chi connectivity index (χ4v) is 3.59. The van der Waals surface area contributed by atoms with Gasteiger partial charge in [-0.3, -0.25) is 4.99 Å². The van der Waals surface area contributed by atoms with Gasteiger partial charge in [0.1, 0.15) is 12.4 Å². The Morgan fingerprint density at radius 1 is 1.12 bits per heavy atom. The minimum absolute atomic E-state index is 0.0218. The minimum atomic E-state index is -0.753. The quantitative estimate of drug-likeness (QED) is 0.366. The largest absolute Gasteiger partial charge is 0.460 e. The molecule has 0 spiro atoms. The van der Waals surface area contributed by atoms with E-state index in [2.05, 4.69) is 10.3 Å². The molecule has 1 unspecified atom stereocenters. The van der Waals surface area contributed by atoms with Crippen LogP contribution in [0.5, 0.6) is 0 Å². The number of hydrogen-bond donors (Lipinski definition) is 3. The van der Waals surface area contributed by atoms with Gasteiger partial charge >= 0.3 is 12.0 Å². The highest BCUT2D eigenvalue weighted by molar-refractivity contribution is 6.00. The maximum atomic E-state index is 13.3. The molecule has 5 N–H and O–H groups in total. The van der Waals surface area contributed by atoms with Crippen molar-refractivity contribution in [2.45, 2.75) is 25.4 Å². The molecule has 2 amide bonds. The van der Waals surface area contributed by atoms with Crippen LogP contribution in [0, 0.1) is 0 Å². The monoisotopic (exact) mass is 435 g/mol. The number of nitrogens with one attached hydrogen (secondary N) is 1. The van der Waals surface area contributed by atoms with Crippen molar-refractivity contribution in [3.63, 3.8) is 0 Å². The number of amides is 2. The molecule has 2 aromatic carbocycles. The van der Waals surface area contributed by atoms with Gasteiger partial charge in [0.05, 0.1) is 23.7 Å². The van der Waals surface area contributed by atoms with Crippen LogP contribution in [-0.2, 0) is 4.74 Å². The molecule has 0 saturated carbocycles. The highest BCUT2D eigenvalue weighted by atomic mass is 16.5. The molecular formula is C24H29N5O3. The number of aliphatic imine (C=N–C) groups is 1. The summed E-state index contributed by atoms with van der Waals surface area (Å²) in [5.41, 5.74) is 13.9. The summed E-state index contributed by atoms with van der Waals surface area (Å²) < 4.78 is 5.51. The Labute approximate surface area is 187 Å². The Hall–Kier alpha value is -3.81. The summed E-state index contributed by atoms with van der Waals surface area (Å²) in [6.45, 7) is 3.92. The van der Waals surface area contributed by atoms with E-state index in [1.54, 1.807) is 36.2 Å². The lowest BCUT2D eigenvalue weighted by Crippen LogP contribution is -2.52. The van der Waals surface area contributed by atoms with Crippen LogP contribution in [0.4, 0.5) is 4.79 Å². The third kappa shape index (κ3) is 4.74. The second kappa shape index (κ2) is 9.55. The second-order valence-corrected chi connectivity index (χ2v) is 8.02. The fraction of sp³-hybridized carbons (Fsp3) is 0.292. The van der Waals surface area contributed by atoms with Crippen molar-refractivity contribution in [2.75, 3.05) is 20.2 Å². The number of nitrogens with zero attached hydrogens (tertiary/aromatic N) is 2. The molecule has 1 aliphatic heterocycles. The summed E-state index contributed by atoms with van der Waals surface area (Å²) in [5, 5.41) is 2.98. The lowest BCUT2D eigenvalue weighted by atomic mass is 10.0. The normalized spacial score (nSPS) is 16.6. The van der Waals surface area contributed by atoms with E-state index in [1.165, 1.54) is 0 Å². The molecule has 1 heterocycles. The first-order chi connectivity index (χ1) is 15.3. The summed E-state index contributed by atoms with van der Waals surface area (Å²) >= 11 is 0. The molecule has 3 rings (SSSR count). The number of rotatable bonds is 6. The predicted octanol–water partition coefficient (Wildman–Crippen LogP) is 2.59. The molecule has 168 valence electrons. The number of carbonyl (C=O) groups is 2. The standard InChI is InChI=1S/C24H29N5O3/c1-24(2)20(25)18(21(26)27-3)14-29(24)23(31)28-19(16-10-6-4-7-11-16)15-32-22(30)17-12-8-5-9-13-17/h4-13,19H,14-15,25H2,1-3H3,(H2,26,27)(H,28,31). The molecule has 0 fully saturated rings. The number of benzene rings is 2. The number of amidine groups is 1. The fourth-order valence-electron chi connectivity index (χ4n) is 3.59. The van der Waals surface area contributed by atoms with Crippen molar-refractivity contribution >= 4 is 17.8 Å². The van der Waals surface area contributed by atoms with Crippen LogP contribution < -0.4 is 16.8 Å². The van der Waals surface area contributed by atoms with Crippen molar-refractivity contribution in [3.05, 3.63) is 83.1 Å². The van der Waals surface area contributed by atoms with Crippen molar-refractivity contribution in [2.24, 2.45) is 16.5 Å². The van der Waals surface area contributed by atoms with Crippen molar-refractivity contribution in [1.29, 1.82) is 0 Å². The van der Waals surface area contributed by atoms with E-state index in [0.29, 0.717) is 22.7 Å². The molecule has 8 nitrogen and oxygen atoms in total. The average Bonchev–Trinajstić information content (AvgIpc) is 3.06. The molecular weight excluding hydrogens is 406 g/mol. The van der Waals surface area contributed by atoms with Crippen LogP contribution in [0.2, 0.25) is 0 Å². The first-order valence-corrected chi connectivity index (χ1v) is 10.3. The van der Waals surface area contributed by atoms with Gasteiger partial charge in [-0.1, -0.05) is 48.5 Å². The number of ether oxygens (including phenoxy) is 1. The summed E-state index contributed by atoms with van der Waals surface area (Å²) in [6.07, 6.45) is 0. The molecule has 8 heteroatoms. The van der Waals surface area contributed by atoms with Gasteiger partial charge in [0.15, 0.2) is 0 Å². The van der Waals surface area contributed by atoms with E-state index in [1.807, 2.05) is 50.2 Å². The van der Waals surface area contributed by atoms with Crippen LogP contribution in [-0.4, -0.2) is 48.5 Å². The van der Waals surface area contributed by atoms with Gasteiger partial charge in [0.2, 0.25) is 0 Å². The molecule has 0 saturated heterocycles. The number of urea groups is 1. The van der Waals surface area contributed by atoms with Crippen LogP contribution in [0.15, 0.2) is 76.9 Å². The van der Waals surface area contributed by atoms with Gasteiger partial charge in [0, 0.05) is 18.3 Å². The number of nitrogens with two attached hydrogens (primary N) is 2. The summed E-state index contributed by atoms with van der Waals surface area (Å²) in [6, 6.07) is 17.2. The van der Waals surface area contributed by atoms with Gasteiger partial charge in [-0.05, 0) is 31.5 Å². The summed E-state index contributed by atoms with van der Waals surface area (Å²) in [7, 11) is 1.58. The Balaban J connectivity index is 1.77. The van der Waals surface area contributed by atoms with Crippen LogP contribution in [0.1, 0.15) is 35.8 Å². The van der Waals surface area contributed by atoms with E-state index >= 15 is 0 Å².